The zero-order valence-electron chi connectivity index (χ0n) is 17.1. The third-order valence-corrected chi connectivity index (χ3v) is 5.91. The Balaban J connectivity index is 1.50. The zero-order chi connectivity index (χ0) is 18.9. The van der Waals surface area contributed by atoms with Gasteiger partial charge in [-0.3, -0.25) is 4.99 Å². The van der Waals surface area contributed by atoms with Gasteiger partial charge in [0.05, 0.1) is 6.61 Å². The Bertz CT molecular complexity index is 569. The van der Waals surface area contributed by atoms with Crippen molar-refractivity contribution in [3.05, 3.63) is 35.9 Å². The van der Waals surface area contributed by atoms with E-state index in [2.05, 4.69) is 52.4 Å². The van der Waals surface area contributed by atoms with Crippen LogP contribution < -0.4 is 5.32 Å². The number of likely N-dealkylation sites (tertiary alicyclic amines) is 2. The van der Waals surface area contributed by atoms with Crippen molar-refractivity contribution in [2.24, 2.45) is 10.9 Å². The minimum absolute atomic E-state index is 0.624. The van der Waals surface area contributed by atoms with Gasteiger partial charge in [0.2, 0.25) is 0 Å². The number of ether oxygens (including phenoxy) is 1. The van der Waals surface area contributed by atoms with Crippen molar-refractivity contribution in [3.8, 4) is 0 Å². The second-order valence-electron chi connectivity index (χ2n) is 7.81. The van der Waals surface area contributed by atoms with Crippen LogP contribution in [-0.4, -0.2) is 75.3 Å². The lowest BCUT2D eigenvalue weighted by Gasteiger charge is -2.31. The monoisotopic (exact) mass is 372 g/mol. The fourth-order valence-electron chi connectivity index (χ4n) is 4.20. The Kier molecular flexibility index (Phi) is 7.96. The molecule has 5 heteroatoms. The average molecular weight is 373 g/mol. The first-order valence-corrected chi connectivity index (χ1v) is 10.6. The van der Waals surface area contributed by atoms with E-state index in [9.17, 15) is 0 Å². The molecule has 1 unspecified atom stereocenters. The maximum absolute atomic E-state index is 5.20. The second-order valence-corrected chi connectivity index (χ2v) is 7.81. The van der Waals surface area contributed by atoms with Crippen LogP contribution in [0.4, 0.5) is 0 Å². The van der Waals surface area contributed by atoms with Crippen molar-refractivity contribution in [2.75, 3.05) is 59.5 Å². The van der Waals surface area contributed by atoms with Gasteiger partial charge in [0.1, 0.15) is 0 Å². The highest BCUT2D eigenvalue weighted by atomic mass is 16.5. The molecule has 150 valence electrons. The van der Waals surface area contributed by atoms with E-state index in [4.69, 9.17) is 9.73 Å². The number of guanidine groups is 1. The Hall–Kier alpha value is -1.59. The molecule has 2 heterocycles. The molecule has 1 N–H and O–H groups in total. The molecule has 1 atom stereocenters. The maximum Gasteiger partial charge on any atom is 0.193 e. The number of nitrogens with zero attached hydrogens (tertiary/aromatic N) is 3. The summed E-state index contributed by atoms with van der Waals surface area (Å²) in [6, 6.07) is 10.9. The summed E-state index contributed by atoms with van der Waals surface area (Å²) < 4.78 is 5.20. The fraction of sp³-hybridized carbons (Fsp3) is 0.682. The molecule has 5 nitrogen and oxygen atoms in total. The van der Waals surface area contributed by atoms with E-state index in [1.165, 1.54) is 37.9 Å². The smallest absolute Gasteiger partial charge is 0.193 e. The average Bonchev–Trinajstić information content (AvgIpc) is 3.21. The molecule has 0 aliphatic carbocycles. The standard InChI is InChI=1S/C22H36N4O/c1-3-23-22(24-17-19-9-12-25(13-10-19)15-16-27-2)26-14-11-21(18-26)20-7-5-4-6-8-20/h4-8,19,21H,3,9-18H2,1-2H3,(H,23,24). The highest BCUT2D eigenvalue weighted by Gasteiger charge is 2.26. The summed E-state index contributed by atoms with van der Waals surface area (Å²) in [4.78, 5) is 9.99. The molecule has 3 rings (SSSR count). The Morgan fingerprint density at radius 1 is 1.15 bits per heavy atom. The van der Waals surface area contributed by atoms with Crippen LogP contribution in [0.5, 0.6) is 0 Å². The predicted molar refractivity (Wildman–Crippen MR) is 112 cm³/mol. The molecule has 27 heavy (non-hydrogen) atoms. The number of rotatable bonds is 7. The van der Waals surface area contributed by atoms with Gasteiger partial charge in [0, 0.05) is 45.8 Å². The number of hydrogen-bond donors (Lipinski definition) is 1. The number of benzene rings is 1. The SMILES string of the molecule is CCNC(=NCC1CCN(CCOC)CC1)N1CCC(c2ccccc2)C1. The Labute approximate surface area is 164 Å². The van der Waals surface area contributed by atoms with E-state index in [0.717, 1.165) is 45.3 Å². The van der Waals surface area contributed by atoms with Crippen molar-refractivity contribution < 1.29 is 4.74 Å². The highest BCUT2D eigenvalue weighted by Crippen LogP contribution is 2.27. The number of methoxy groups -OCH3 is 1. The Morgan fingerprint density at radius 2 is 1.93 bits per heavy atom. The van der Waals surface area contributed by atoms with Gasteiger partial charge >= 0.3 is 0 Å². The zero-order valence-corrected chi connectivity index (χ0v) is 17.1. The van der Waals surface area contributed by atoms with E-state index in [1.54, 1.807) is 7.11 Å². The predicted octanol–water partition coefficient (Wildman–Crippen LogP) is 2.80. The normalized spacial score (nSPS) is 22.4. The topological polar surface area (TPSA) is 40.1 Å². The van der Waals surface area contributed by atoms with Crippen LogP contribution in [-0.2, 0) is 4.74 Å². The van der Waals surface area contributed by atoms with Crippen LogP contribution in [0.15, 0.2) is 35.3 Å². The van der Waals surface area contributed by atoms with Crippen LogP contribution >= 0.6 is 0 Å². The van der Waals surface area contributed by atoms with Gasteiger partial charge in [-0.1, -0.05) is 30.3 Å². The van der Waals surface area contributed by atoms with Crippen LogP contribution in [0, 0.1) is 5.92 Å². The molecule has 0 radical (unpaired) electrons. The van der Waals surface area contributed by atoms with Crippen molar-refractivity contribution >= 4 is 5.96 Å². The second kappa shape index (κ2) is 10.7. The van der Waals surface area contributed by atoms with E-state index >= 15 is 0 Å². The summed E-state index contributed by atoms with van der Waals surface area (Å²) in [6.07, 6.45) is 3.71. The minimum Gasteiger partial charge on any atom is -0.383 e. The van der Waals surface area contributed by atoms with Gasteiger partial charge in [0.15, 0.2) is 5.96 Å². The van der Waals surface area contributed by atoms with Gasteiger partial charge in [-0.15, -0.1) is 0 Å². The van der Waals surface area contributed by atoms with Crippen LogP contribution in [0.3, 0.4) is 0 Å². The lowest BCUT2D eigenvalue weighted by Crippen LogP contribution is -2.41. The molecule has 0 amide bonds. The number of hydrogen-bond acceptors (Lipinski definition) is 3. The molecular formula is C22H36N4O. The van der Waals surface area contributed by atoms with E-state index in [-0.39, 0.29) is 0 Å². The lowest BCUT2D eigenvalue weighted by molar-refractivity contribution is 0.121. The van der Waals surface area contributed by atoms with Crippen molar-refractivity contribution in [1.29, 1.82) is 0 Å². The van der Waals surface area contributed by atoms with Crippen molar-refractivity contribution in [1.82, 2.24) is 15.1 Å². The lowest BCUT2D eigenvalue weighted by atomic mass is 9.97. The molecule has 2 fully saturated rings. The summed E-state index contributed by atoms with van der Waals surface area (Å²) >= 11 is 0. The third-order valence-electron chi connectivity index (χ3n) is 5.91. The summed E-state index contributed by atoms with van der Waals surface area (Å²) in [7, 11) is 1.78. The fourth-order valence-corrected chi connectivity index (χ4v) is 4.20. The van der Waals surface area contributed by atoms with Crippen LogP contribution in [0.25, 0.3) is 0 Å². The number of piperidine rings is 1. The first-order valence-electron chi connectivity index (χ1n) is 10.6. The summed E-state index contributed by atoms with van der Waals surface area (Å²) in [5.74, 6) is 2.45. The van der Waals surface area contributed by atoms with Crippen LogP contribution in [0.1, 0.15) is 37.7 Å². The summed E-state index contributed by atoms with van der Waals surface area (Å²) in [5.41, 5.74) is 1.46. The molecule has 2 aliphatic heterocycles. The Morgan fingerprint density at radius 3 is 2.63 bits per heavy atom. The highest BCUT2D eigenvalue weighted by molar-refractivity contribution is 5.80. The minimum atomic E-state index is 0.624. The van der Waals surface area contributed by atoms with Gasteiger partial charge < -0.3 is 19.9 Å². The molecule has 2 saturated heterocycles. The first-order chi connectivity index (χ1) is 13.3. The molecule has 1 aromatic carbocycles. The number of nitrogens with one attached hydrogen (secondary N) is 1. The summed E-state index contributed by atoms with van der Waals surface area (Å²) in [6.45, 7) is 10.5. The van der Waals surface area contributed by atoms with Gasteiger partial charge in [-0.2, -0.15) is 0 Å². The van der Waals surface area contributed by atoms with Gasteiger partial charge in [-0.05, 0) is 50.8 Å². The molecule has 0 saturated carbocycles. The van der Waals surface area contributed by atoms with E-state index < -0.39 is 0 Å². The van der Waals surface area contributed by atoms with Crippen molar-refractivity contribution in [2.45, 2.75) is 32.1 Å². The molecule has 0 bridgehead atoms. The van der Waals surface area contributed by atoms with E-state index in [0.29, 0.717) is 11.8 Å². The third kappa shape index (κ3) is 5.94. The quantitative estimate of drug-likeness (QED) is 0.590. The molecule has 2 aliphatic rings. The van der Waals surface area contributed by atoms with Gasteiger partial charge in [-0.25, -0.2) is 0 Å². The first kappa shape index (κ1) is 20.2. The molecule has 0 aromatic heterocycles. The summed E-state index contributed by atoms with van der Waals surface area (Å²) in [5, 5.41) is 3.52. The van der Waals surface area contributed by atoms with Crippen LogP contribution in [0.2, 0.25) is 0 Å². The number of aliphatic imine (C=N–C) groups is 1. The van der Waals surface area contributed by atoms with Crippen molar-refractivity contribution in [3.63, 3.8) is 0 Å². The molecular weight excluding hydrogens is 336 g/mol. The van der Waals surface area contributed by atoms with E-state index in [1.807, 2.05) is 0 Å². The largest absolute Gasteiger partial charge is 0.383 e. The maximum atomic E-state index is 5.20. The van der Waals surface area contributed by atoms with Gasteiger partial charge in [0.25, 0.3) is 0 Å². The molecule has 1 aromatic rings. The molecule has 0 spiro atoms.